The van der Waals surface area contributed by atoms with Gasteiger partial charge in [-0.05, 0) is 24.5 Å². The van der Waals surface area contributed by atoms with Gasteiger partial charge in [-0.25, -0.2) is 4.79 Å². The van der Waals surface area contributed by atoms with Gasteiger partial charge in [0, 0.05) is 6.54 Å². The van der Waals surface area contributed by atoms with Crippen molar-refractivity contribution in [3.8, 4) is 5.75 Å². The van der Waals surface area contributed by atoms with Crippen LogP contribution in [0, 0.1) is 5.92 Å². The van der Waals surface area contributed by atoms with Gasteiger partial charge in [0.15, 0.2) is 0 Å². The second-order valence-electron chi connectivity index (χ2n) is 4.92. The zero-order valence-corrected chi connectivity index (χ0v) is 10.7. The summed E-state index contributed by atoms with van der Waals surface area (Å²) in [6.45, 7) is 0.719. The Labute approximate surface area is 109 Å². The lowest BCUT2D eigenvalue weighted by Gasteiger charge is -2.21. The Morgan fingerprint density at radius 1 is 1.17 bits per heavy atom. The van der Waals surface area contributed by atoms with Gasteiger partial charge >= 0.3 is 6.09 Å². The molecule has 0 radical (unpaired) electrons. The van der Waals surface area contributed by atoms with E-state index in [0.29, 0.717) is 5.75 Å². The third kappa shape index (κ3) is 4.40. The topological polar surface area (TPSA) is 38.3 Å². The molecule has 1 amide bonds. The molecular formula is C15H21NO2. The molecule has 1 N–H and O–H groups in total. The first kappa shape index (κ1) is 12.9. The Morgan fingerprint density at radius 3 is 2.61 bits per heavy atom. The average Bonchev–Trinajstić information content (AvgIpc) is 2.41. The normalized spacial score (nSPS) is 16.2. The maximum Gasteiger partial charge on any atom is 0.412 e. The molecule has 0 spiro atoms. The molecule has 0 unspecified atom stereocenters. The Bertz CT molecular complexity index is 358. The molecule has 0 heterocycles. The number of carbonyl (C=O) groups is 1. The highest BCUT2D eigenvalue weighted by Gasteiger charge is 2.13. The minimum atomic E-state index is -0.350. The number of hydrogen-bond acceptors (Lipinski definition) is 2. The molecule has 0 aliphatic heterocycles. The van der Waals surface area contributed by atoms with Crippen molar-refractivity contribution < 1.29 is 9.53 Å². The third-order valence-corrected chi connectivity index (χ3v) is 3.50. The summed E-state index contributed by atoms with van der Waals surface area (Å²) in [7, 11) is 0. The van der Waals surface area contributed by atoms with E-state index in [1.165, 1.54) is 32.1 Å². The Kier molecular flexibility index (Phi) is 5.06. The summed E-state index contributed by atoms with van der Waals surface area (Å²) in [5.74, 6) is 1.38. The average molecular weight is 247 g/mol. The smallest absolute Gasteiger partial charge is 0.410 e. The molecule has 1 aliphatic rings. The lowest BCUT2D eigenvalue weighted by Crippen LogP contribution is -2.29. The third-order valence-electron chi connectivity index (χ3n) is 3.50. The maximum absolute atomic E-state index is 11.5. The molecule has 1 aromatic rings. The van der Waals surface area contributed by atoms with Crippen molar-refractivity contribution in [1.29, 1.82) is 0 Å². The fraction of sp³-hybridized carbons (Fsp3) is 0.533. The standard InChI is InChI=1S/C15H21NO2/c17-15(18-14-9-5-2-6-10-14)16-12-11-13-7-3-1-4-8-13/h2,5-6,9-10,13H,1,3-4,7-8,11-12H2,(H,16,17). The molecular weight excluding hydrogens is 226 g/mol. The highest BCUT2D eigenvalue weighted by atomic mass is 16.5. The predicted molar refractivity (Wildman–Crippen MR) is 71.7 cm³/mol. The number of carbonyl (C=O) groups excluding carboxylic acids is 1. The van der Waals surface area contributed by atoms with E-state index in [4.69, 9.17) is 4.74 Å². The van der Waals surface area contributed by atoms with Crippen LogP contribution in [0.25, 0.3) is 0 Å². The number of amides is 1. The van der Waals surface area contributed by atoms with Gasteiger partial charge in [-0.2, -0.15) is 0 Å². The van der Waals surface area contributed by atoms with Gasteiger partial charge in [0.25, 0.3) is 0 Å². The Morgan fingerprint density at radius 2 is 1.89 bits per heavy atom. The minimum Gasteiger partial charge on any atom is -0.410 e. The summed E-state index contributed by atoms with van der Waals surface area (Å²) in [5.41, 5.74) is 0. The van der Waals surface area contributed by atoms with Crippen molar-refractivity contribution in [2.45, 2.75) is 38.5 Å². The van der Waals surface area contributed by atoms with E-state index in [1.807, 2.05) is 18.2 Å². The molecule has 1 aromatic carbocycles. The van der Waals surface area contributed by atoms with Gasteiger partial charge in [0.1, 0.15) is 5.75 Å². The molecule has 3 nitrogen and oxygen atoms in total. The first-order valence-electron chi connectivity index (χ1n) is 6.85. The first-order chi connectivity index (χ1) is 8.84. The van der Waals surface area contributed by atoms with Crippen LogP contribution >= 0.6 is 0 Å². The Hall–Kier alpha value is -1.51. The lowest BCUT2D eigenvalue weighted by molar-refractivity contribution is 0.199. The second kappa shape index (κ2) is 7.04. The van der Waals surface area contributed by atoms with E-state index in [1.54, 1.807) is 12.1 Å². The van der Waals surface area contributed by atoms with Gasteiger partial charge in [-0.3, -0.25) is 0 Å². The van der Waals surface area contributed by atoms with E-state index >= 15 is 0 Å². The predicted octanol–water partition coefficient (Wildman–Crippen LogP) is 3.75. The zero-order chi connectivity index (χ0) is 12.6. The van der Waals surface area contributed by atoms with Crippen LogP contribution in [-0.4, -0.2) is 12.6 Å². The van der Waals surface area contributed by atoms with Crippen molar-refractivity contribution >= 4 is 6.09 Å². The number of rotatable bonds is 4. The molecule has 98 valence electrons. The first-order valence-corrected chi connectivity index (χ1v) is 6.85. The van der Waals surface area contributed by atoms with Gasteiger partial charge in [0.2, 0.25) is 0 Å². The number of ether oxygens (including phenoxy) is 1. The quantitative estimate of drug-likeness (QED) is 0.880. The van der Waals surface area contributed by atoms with Gasteiger partial charge in [0.05, 0.1) is 0 Å². The van der Waals surface area contributed by atoms with E-state index in [0.717, 1.165) is 18.9 Å². The summed E-state index contributed by atoms with van der Waals surface area (Å²) in [6.07, 6.45) is 7.42. The van der Waals surface area contributed by atoms with Crippen LogP contribution in [-0.2, 0) is 0 Å². The molecule has 18 heavy (non-hydrogen) atoms. The summed E-state index contributed by atoms with van der Waals surface area (Å²) in [5, 5.41) is 2.82. The van der Waals surface area contributed by atoms with Crippen LogP contribution < -0.4 is 10.1 Å². The van der Waals surface area contributed by atoms with Crippen LogP contribution in [0.2, 0.25) is 0 Å². The van der Waals surface area contributed by atoms with Gasteiger partial charge in [-0.15, -0.1) is 0 Å². The molecule has 1 aliphatic carbocycles. The van der Waals surface area contributed by atoms with Gasteiger partial charge < -0.3 is 10.1 Å². The highest BCUT2D eigenvalue weighted by Crippen LogP contribution is 2.25. The van der Waals surface area contributed by atoms with Gasteiger partial charge in [-0.1, -0.05) is 50.3 Å². The highest BCUT2D eigenvalue weighted by molar-refractivity contribution is 5.70. The summed E-state index contributed by atoms with van der Waals surface area (Å²) in [6, 6.07) is 9.16. The molecule has 0 bridgehead atoms. The van der Waals surface area contributed by atoms with E-state index in [9.17, 15) is 4.79 Å². The molecule has 2 rings (SSSR count). The summed E-state index contributed by atoms with van der Waals surface area (Å²) >= 11 is 0. The summed E-state index contributed by atoms with van der Waals surface area (Å²) in [4.78, 5) is 11.5. The SMILES string of the molecule is O=C(NCCC1CCCCC1)Oc1ccccc1. The molecule has 1 fully saturated rings. The van der Waals surface area contributed by atoms with Crippen LogP contribution in [0.3, 0.4) is 0 Å². The lowest BCUT2D eigenvalue weighted by atomic mass is 9.87. The largest absolute Gasteiger partial charge is 0.412 e. The molecule has 0 atom stereocenters. The fourth-order valence-corrected chi connectivity index (χ4v) is 2.49. The van der Waals surface area contributed by atoms with Crippen molar-refractivity contribution in [2.75, 3.05) is 6.54 Å². The number of nitrogens with one attached hydrogen (secondary N) is 1. The number of benzene rings is 1. The van der Waals surface area contributed by atoms with E-state index < -0.39 is 0 Å². The monoisotopic (exact) mass is 247 g/mol. The number of para-hydroxylation sites is 1. The van der Waals surface area contributed by atoms with E-state index in [-0.39, 0.29) is 6.09 Å². The Balaban J connectivity index is 1.62. The molecule has 0 aromatic heterocycles. The van der Waals surface area contributed by atoms with Crippen LogP contribution in [0.1, 0.15) is 38.5 Å². The fourth-order valence-electron chi connectivity index (χ4n) is 2.49. The number of hydrogen-bond donors (Lipinski definition) is 1. The van der Waals surface area contributed by atoms with Crippen molar-refractivity contribution in [2.24, 2.45) is 5.92 Å². The maximum atomic E-state index is 11.5. The zero-order valence-electron chi connectivity index (χ0n) is 10.7. The van der Waals surface area contributed by atoms with Crippen LogP contribution in [0.4, 0.5) is 4.79 Å². The molecule has 3 heteroatoms. The van der Waals surface area contributed by atoms with Crippen LogP contribution in [0.15, 0.2) is 30.3 Å². The van der Waals surface area contributed by atoms with E-state index in [2.05, 4.69) is 5.32 Å². The minimum absolute atomic E-state index is 0.350. The second-order valence-corrected chi connectivity index (χ2v) is 4.92. The molecule has 0 saturated heterocycles. The van der Waals surface area contributed by atoms with Crippen molar-refractivity contribution in [3.63, 3.8) is 0 Å². The molecule has 1 saturated carbocycles. The van der Waals surface area contributed by atoms with Crippen molar-refractivity contribution in [1.82, 2.24) is 5.32 Å². The van der Waals surface area contributed by atoms with Crippen LogP contribution in [0.5, 0.6) is 5.75 Å². The van der Waals surface area contributed by atoms with Crippen molar-refractivity contribution in [3.05, 3.63) is 30.3 Å². The summed E-state index contributed by atoms with van der Waals surface area (Å²) < 4.78 is 5.15.